The Labute approximate surface area is 107 Å². The SMILES string of the molecule is NCc1cn(CCSC(F)(F)F)c2ccccc12. The lowest BCUT2D eigenvalue weighted by atomic mass is 10.2. The summed E-state index contributed by atoms with van der Waals surface area (Å²) >= 11 is 0.00174. The zero-order valence-corrected chi connectivity index (χ0v) is 10.4. The molecule has 0 saturated carbocycles. The number of hydrogen-bond acceptors (Lipinski definition) is 2. The number of nitrogens with two attached hydrogens (primary N) is 1. The van der Waals surface area contributed by atoms with Gasteiger partial charge in [-0.05, 0) is 23.4 Å². The van der Waals surface area contributed by atoms with Crippen molar-refractivity contribution >= 4 is 22.7 Å². The molecule has 0 fully saturated rings. The number of fused-ring (bicyclic) bond motifs is 1. The molecule has 98 valence electrons. The Morgan fingerprint density at radius 2 is 1.94 bits per heavy atom. The first-order chi connectivity index (χ1) is 8.51. The first-order valence-corrected chi connectivity index (χ1v) is 6.47. The molecule has 1 aromatic heterocycles. The van der Waals surface area contributed by atoms with E-state index in [2.05, 4.69) is 0 Å². The van der Waals surface area contributed by atoms with Crippen LogP contribution in [-0.4, -0.2) is 15.8 Å². The lowest BCUT2D eigenvalue weighted by Gasteiger charge is -2.07. The number of halogens is 3. The fourth-order valence-corrected chi connectivity index (χ4v) is 2.45. The van der Waals surface area contributed by atoms with Gasteiger partial charge in [0.25, 0.3) is 0 Å². The van der Waals surface area contributed by atoms with Crippen LogP contribution in [0, 0.1) is 0 Å². The van der Waals surface area contributed by atoms with E-state index in [1.54, 1.807) is 0 Å². The molecule has 2 N–H and O–H groups in total. The predicted molar refractivity (Wildman–Crippen MR) is 68.3 cm³/mol. The molecule has 18 heavy (non-hydrogen) atoms. The van der Waals surface area contributed by atoms with Crippen LogP contribution in [0.3, 0.4) is 0 Å². The molecule has 2 rings (SSSR count). The van der Waals surface area contributed by atoms with E-state index in [4.69, 9.17) is 5.73 Å². The van der Waals surface area contributed by atoms with Gasteiger partial charge in [-0.2, -0.15) is 13.2 Å². The van der Waals surface area contributed by atoms with Crippen molar-refractivity contribution in [2.24, 2.45) is 5.73 Å². The molecule has 0 spiro atoms. The zero-order valence-electron chi connectivity index (χ0n) is 9.57. The van der Waals surface area contributed by atoms with E-state index in [1.165, 1.54) is 0 Å². The smallest absolute Gasteiger partial charge is 0.346 e. The van der Waals surface area contributed by atoms with Crippen LogP contribution in [0.25, 0.3) is 10.9 Å². The highest BCUT2D eigenvalue weighted by molar-refractivity contribution is 8.00. The number of rotatable bonds is 4. The average Bonchev–Trinajstić information content (AvgIpc) is 2.66. The van der Waals surface area contributed by atoms with E-state index >= 15 is 0 Å². The molecule has 2 nitrogen and oxygen atoms in total. The summed E-state index contributed by atoms with van der Waals surface area (Å²) in [6.45, 7) is 0.713. The van der Waals surface area contributed by atoms with Gasteiger partial charge in [0, 0.05) is 35.9 Å². The first kappa shape index (κ1) is 13.3. The van der Waals surface area contributed by atoms with Gasteiger partial charge in [-0.25, -0.2) is 0 Å². The van der Waals surface area contributed by atoms with Gasteiger partial charge in [-0.3, -0.25) is 0 Å². The third-order valence-electron chi connectivity index (χ3n) is 2.69. The number of benzene rings is 1. The molecule has 0 aliphatic rings. The third kappa shape index (κ3) is 3.00. The summed E-state index contributed by atoms with van der Waals surface area (Å²) in [5.74, 6) is 0.00614. The molecule has 0 atom stereocenters. The van der Waals surface area contributed by atoms with E-state index < -0.39 is 5.51 Å². The number of alkyl halides is 3. The highest BCUT2D eigenvalue weighted by Gasteiger charge is 2.27. The van der Waals surface area contributed by atoms with Crippen molar-refractivity contribution in [3.63, 3.8) is 0 Å². The summed E-state index contributed by atoms with van der Waals surface area (Å²) in [5, 5.41) is 1.01. The van der Waals surface area contributed by atoms with Gasteiger partial charge in [0.1, 0.15) is 0 Å². The number of hydrogen-bond donors (Lipinski definition) is 1. The Morgan fingerprint density at radius 1 is 1.22 bits per heavy atom. The normalized spacial score (nSPS) is 12.2. The van der Waals surface area contributed by atoms with Gasteiger partial charge < -0.3 is 10.3 Å². The second-order valence-electron chi connectivity index (χ2n) is 3.86. The van der Waals surface area contributed by atoms with Gasteiger partial charge in [-0.1, -0.05) is 18.2 Å². The molecule has 0 amide bonds. The van der Waals surface area contributed by atoms with Crippen LogP contribution in [0.4, 0.5) is 13.2 Å². The minimum Gasteiger partial charge on any atom is -0.346 e. The summed E-state index contributed by atoms with van der Waals surface area (Å²) < 4.78 is 38.1. The van der Waals surface area contributed by atoms with Crippen LogP contribution < -0.4 is 5.73 Å². The summed E-state index contributed by atoms with van der Waals surface area (Å²) in [7, 11) is 0. The van der Waals surface area contributed by atoms with Crippen LogP contribution in [0.5, 0.6) is 0 Å². The minimum atomic E-state index is -4.17. The number of nitrogens with zero attached hydrogens (tertiary/aromatic N) is 1. The van der Waals surface area contributed by atoms with E-state index in [1.807, 2.05) is 35.0 Å². The van der Waals surface area contributed by atoms with Crippen molar-refractivity contribution in [2.75, 3.05) is 5.75 Å². The van der Waals surface area contributed by atoms with Crippen LogP contribution in [-0.2, 0) is 13.1 Å². The van der Waals surface area contributed by atoms with Crippen LogP contribution in [0.1, 0.15) is 5.56 Å². The van der Waals surface area contributed by atoms with Gasteiger partial charge in [0.05, 0.1) is 0 Å². The van der Waals surface area contributed by atoms with E-state index in [-0.39, 0.29) is 17.5 Å². The highest BCUT2D eigenvalue weighted by Crippen LogP contribution is 2.30. The van der Waals surface area contributed by atoms with Crippen molar-refractivity contribution in [3.05, 3.63) is 36.0 Å². The summed E-state index contributed by atoms with van der Waals surface area (Å²) in [6.07, 6.45) is 1.83. The molecule has 6 heteroatoms. The average molecular weight is 274 g/mol. The molecule has 2 aromatic rings. The predicted octanol–water partition coefficient (Wildman–Crippen LogP) is 3.35. The Bertz CT molecular complexity index is 534. The van der Waals surface area contributed by atoms with E-state index in [0.29, 0.717) is 13.1 Å². The quantitative estimate of drug-likeness (QED) is 0.927. The van der Waals surface area contributed by atoms with Gasteiger partial charge in [-0.15, -0.1) is 0 Å². The second kappa shape index (κ2) is 5.24. The lowest BCUT2D eigenvalue weighted by Crippen LogP contribution is -2.06. The second-order valence-corrected chi connectivity index (χ2v) is 5.02. The monoisotopic (exact) mass is 274 g/mol. The summed E-state index contributed by atoms with van der Waals surface area (Å²) in [4.78, 5) is 0. The fourth-order valence-electron chi connectivity index (χ4n) is 1.93. The molecule has 0 unspecified atom stereocenters. The molecule has 1 aromatic carbocycles. The number of thioether (sulfide) groups is 1. The standard InChI is InChI=1S/C12H13F3N2S/c13-12(14,15)18-6-5-17-8-9(7-16)10-3-1-2-4-11(10)17/h1-4,8H,5-7,16H2. The summed E-state index contributed by atoms with van der Waals surface area (Å²) in [5.41, 5.74) is 3.35. The molecule has 0 saturated heterocycles. The third-order valence-corrected chi connectivity index (χ3v) is 3.40. The molecule has 0 bridgehead atoms. The molecule has 0 radical (unpaired) electrons. The highest BCUT2D eigenvalue weighted by atomic mass is 32.2. The molecule has 0 aliphatic heterocycles. The Balaban J connectivity index is 2.18. The van der Waals surface area contributed by atoms with Gasteiger partial charge >= 0.3 is 5.51 Å². The maximum Gasteiger partial charge on any atom is 0.441 e. The number of aromatic nitrogens is 1. The van der Waals surface area contributed by atoms with Crippen molar-refractivity contribution in [1.82, 2.24) is 4.57 Å². The zero-order chi connectivity index (χ0) is 13.2. The van der Waals surface area contributed by atoms with E-state index in [9.17, 15) is 13.2 Å². The molecular formula is C12H13F3N2S. The van der Waals surface area contributed by atoms with Crippen molar-refractivity contribution < 1.29 is 13.2 Å². The maximum absolute atomic E-state index is 12.1. The van der Waals surface area contributed by atoms with Gasteiger partial charge in [0.15, 0.2) is 0 Å². The van der Waals surface area contributed by atoms with Crippen LogP contribution in [0.15, 0.2) is 30.5 Å². The Morgan fingerprint density at radius 3 is 2.61 bits per heavy atom. The molecule has 1 heterocycles. The van der Waals surface area contributed by atoms with Crippen LogP contribution in [0.2, 0.25) is 0 Å². The Kier molecular flexibility index (Phi) is 3.87. The lowest BCUT2D eigenvalue weighted by molar-refractivity contribution is -0.0328. The molecular weight excluding hydrogens is 261 g/mol. The fraction of sp³-hybridized carbons (Fsp3) is 0.333. The van der Waals surface area contributed by atoms with Gasteiger partial charge in [0.2, 0.25) is 0 Å². The topological polar surface area (TPSA) is 30.9 Å². The van der Waals surface area contributed by atoms with E-state index in [0.717, 1.165) is 16.5 Å². The van der Waals surface area contributed by atoms with Crippen molar-refractivity contribution in [3.8, 4) is 0 Å². The number of para-hydroxylation sites is 1. The summed E-state index contributed by atoms with van der Waals surface area (Å²) in [6, 6.07) is 7.60. The van der Waals surface area contributed by atoms with Crippen molar-refractivity contribution in [2.45, 2.75) is 18.6 Å². The minimum absolute atomic E-state index is 0.00174. The molecule has 0 aliphatic carbocycles. The first-order valence-electron chi connectivity index (χ1n) is 5.49. The Hall–Kier alpha value is -1.14. The van der Waals surface area contributed by atoms with Crippen LogP contribution >= 0.6 is 11.8 Å². The maximum atomic E-state index is 12.1. The number of aryl methyl sites for hydroxylation is 1. The largest absolute Gasteiger partial charge is 0.441 e. The van der Waals surface area contributed by atoms with Crippen molar-refractivity contribution in [1.29, 1.82) is 0 Å².